The highest BCUT2D eigenvalue weighted by atomic mass is 19.1. The number of phenolic OH excluding ortho intramolecular Hbond substituents is 1. The van der Waals surface area contributed by atoms with Gasteiger partial charge in [-0.1, -0.05) is 0 Å². The largest absolute Gasteiger partial charge is 0.505 e. The first kappa shape index (κ1) is 14.0. The van der Waals surface area contributed by atoms with Crippen LogP contribution in [0.1, 0.15) is 11.7 Å². The Morgan fingerprint density at radius 1 is 1.33 bits per heavy atom. The smallest absolute Gasteiger partial charge is 0.339 e. The minimum Gasteiger partial charge on any atom is -0.505 e. The molecule has 0 saturated heterocycles. The van der Waals surface area contributed by atoms with Crippen LogP contribution < -0.4 is 9.47 Å². The molecule has 0 spiro atoms. The second kappa shape index (κ2) is 5.54. The highest BCUT2D eigenvalue weighted by Gasteiger charge is 2.30. The number of phenols is 1. The van der Waals surface area contributed by atoms with Crippen molar-refractivity contribution in [1.29, 1.82) is 0 Å². The molecular formula is C11H13FO6. The first-order chi connectivity index (χ1) is 8.47. The Morgan fingerprint density at radius 3 is 2.39 bits per heavy atom. The van der Waals surface area contributed by atoms with Crippen LogP contribution in [0.25, 0.3) is 0 Å². The quantitative estimate of drug-likeness (QED) is 0.777. The van der Waals surface area contributed by atoms with Crippen molar-refractivity contribution in [2.45, 2.75) is 6.10 Å². The second-order valence-corrected chi connectivity index (χ2v) is 3.28. The first-order valence-electron chi connectivity index (χ1n) is 4.87. The summed E-state index contributed by atoms with van der Waals surface area (Å²) < 4.78 is 27.8. The molecule has 0 fully saturated rings. The minimum atomic E-state index is -1.93. The fraction of sp³-hybridized carbons (Fsp3) is 0.364. The maximum Gasteiger partial charge on any atom is 0.339 e. The summed E-state index contributed by atoms with van der Waals surface area (Å²) in [5.41, 5.74) is -0.541. The van der Waals surface area contributed by atoms with E-state index in [1.165, 1.54) is 14.2 Å². The number of carbonyl (C=O) groups is 1. The van der Waals surface area contributed by atoms with Gasteiger partial charge in [0, 0.05) is 6.07 Å². The highest BCUT2D eigenvalue weighted by molar-refractivity contribution is 5.78. The molecule has 0 saturated carbocycles. The van der Waals surface area contributed by atoms with Crippen molar-refractivity contribution in [2.75, 3.05) is 21.3 Å². The maximum atomic E-state index is 13.8. The molecule has 7 heteroatoms. The van der Waals surface area contributed by atoms with Gasteiger partial charge in [0.15, 0.2) is 29.2 Å². The van der Waals surface area contributed by atoms with Crippen LogP contribution in [0.3, 0.4) is 0 Å². The van der Waals surface area contributed by atoms with Gasteiger partial charge < -0.3 is 24.4 Å². The van der Waals surface area contributed by atoms with E-state index < -0.39 is 29.2 Å². The zero-order valence-corrected chi connectivity index (χ0v) is 10.1. The van der Waals surface area contributed by atoms with Gasteiger partial charge in [0.2, 0.25) is 0 Å². The van der Waals surface area contributed by atoms with E-state index in [0.717, 1.165) is 13.2 Å². The van der Waals surface area contributed by atoms with Gasteiger partial charge in [-0.05, 0) is 0 Å². The van der Waals surface area contributed by atoms with E-state index in [1.54, 1.807) is 0 Å². The number of carbonyl (C=O) groups excluding carboxylic acids is 1. The Bertz CT molecular complexity index is 459. The summed E-state index contributed by atoms with van der Waals surface area (Å²) in [6.45, 7) is 0. The number of rotatable bonds is 4. The topological polar surface area (TPSA) is 85.2 Å². The van der Waals surface area contributed by atoms with E-state index in [0.29, 0.717) is 0 Å². The molecule has 2 N–H and O–H groups in total. The standard InChI is InChI=1S/C11H13FO6/c1-16-6-4-5(13)8(12)7(10(6)17-2)9(14)11(15)18-3/h4,9,13-14H,1-3H3. The molecule has 1 aromatic carbocycles. The van der Waals surface area contributed by atoms with Crippen LogP contribution >= 0.6 is 0 Å². The SMILES string of the molecule is COC(=O)C(O)c1c(F)c(O)cc(OC)c1OC. The predicted octanol–water partition coefficient (Wildman–Crippen LogP) is 0.755. The molecule has 1 rings (SSSR count). The number of esters is 1. The maximum absolute atomic E-state index is 13.8. The van der Waals surface area contributed by atoms with Crippen molar-refractivity contribution >= 4 is 5.97 Å². The third-order valence-electron chi connectivity index (χ3n) is 2.32. The van der Waals surface area contributed by atoms with Gasteiger partial charge in [-0.3, -0.25) is 0 Å². The van der Waals surface area contributed by atoms with Gasteiger partial charge in [-0.2, -0.15) is 0 Å². The Morgan fingerprint density at radius 2 is 1.94 bits per heavy atom. The van der Waals surface area contributed by atoms with Crippen LogP contribution in [-0.2, 0) is 9.53 Å². The molecule has 1 atom stereocenters. The van der Waals surface area contributed by atoms with E-state index in [4.69, 9.17) is 9.47 Å². The zero-order valence-electron chi connectivity index (χ0n) is 10.1. The number of hydrogen-bond donors (Lipinski definition) is 2. The zero-order chi connectivity index (χ0) is 13.9. The summed E-state index contributed by atoms with van der Waals surface area (Å²) in [5.74, 6) is -3.24. The Hall–Kier alpha value is -2.02. The molecule has 0 bridgehead atoms. The van der Waals surface area contributed by atoms with Crippen molar-refractivity contribution in [3.05, 3.63) is 17.4 Å². The summed E-state index contributed by atoms with van der Waals surface area (Å²) in [6.07, 6.45) is -1.93. The van der Waals surface area contributed by atoms with Gasteiger partial charge in [-0.15, -0.1) is 0 Å². The molecule has 1 unspecified atom stereocenters. The first-order valence-corrected chi connectivity index (χ1v) is 4.87. The fourth-order valence-corrected chi connectivity index (χ4v) is 1.46. The molecule has 0 aromatic heterocycles. The molecule has 100 valence electrons. The van der Waals surface area contributed by atoms with E-state index in [-0.39, 0.29) is 11.5 Å². The average molecular weight is 260 g/mol. The van der Waals surface area contributed by atoms with Crippen LogP contribution in [0.5, 0.6) is 17.2 Å². The Balaban J connectivity index is 3.48. The van der Waals surface area contributed by atoms with Crippen molar-refractivity contribution in [2.24, 2.45) is 0 Å². The van der Waals surface area contributed by atoms with Crippen LogP contribution in [0.15, 0.2) is 6.07 Å². The van der Waals surface area contributed by atoms with Crippen molar-refractivity contribution in [1.82, 2.24) is 0 Å². The lowest BCUT2D eigenvalue weighted by atomic mass is 10.1. The number of benzene rings is 1. The molecule has 0 aliphatic rings. The van der Waals surface area contributed by atoms with Gasteiger partial charge in [-0.25, -0.2) is 9.18 Å². The molecular weight excluding hydrogens is 247 g/mol. The fourth-order valence-electron chi connectivity index (χ4n) is 1.46. The number of methoxy groups -OCH3 is 3. The monoisotopic (exact) mass is 260 g/mol. The van der Waals surface area contributed by atoms with Crippen molar-refractivity contribution in [3.8, 4) is 17.2 Å². The molecule has 1 aromatic rings. The molecule has 0 aliphatic heterocycles. The van der Waals surface area contributed by atoms with E-state index in [9.17, 15) is 19.4 Å². The van der Waals surface area contributed by atoms with Gasteiger partial charge in [0.25, 0.3) is 0 Å². The van der Waals surface area contributed by atoms with E-state index >= 15 is 0 Å². The predicted molar refractivity (Wildman–Crippen MR) is 58.1 cm³/mol. The number of aliphatic hydroxyl groups is 1. The number of halogens is 1. The van der Waals surface area contributed by atoms with Gasteiger partial charge in [0.1, 0.15) is 0 Å². The Kier molecular flexibility index (Phi) is 4.33. The summed E-state index contributed by atoms with van der Waals surface area (Å²) in [4.78, 5) is 11.2. The minimum absolute atomic E-state index is 0.0191. The summed E-state index contributed by atoms with van der Waals surface area (Å²) in [6, 6.07) is 0.974. The summed E-state index contributed by atoms with van der Waals surface area (Å²) in [7, 11) is 3.52. The van der Waals surface area contributed by atoms with Crippen molar-refractivity contribution in [3.63, 3.8) is 0 Å². The molecule has 6 nitrogen and oxygen atoms in total. The van der Waals surface area contributed by atoms with Crippen LogP contribution in [0, 0.1) is 5.82 Å². The lowest BCUT2D eigenvalue weighted by Crippen LogP contribution is -2.16. The molecule has 0 radical (unpaired) electrons. The number of aliphatic hydroxyl groups excluding tert-OH is 1. The lowest BCUT2D eigenvalue weighted by Gasteiger charge is -2.17. The van der Waals surface area contributed by atoms with Gasteiger partial charge >= 0.3 is 5.97 Å². The molecule has 0 amide bonds. The molecule has 0 heterocycles. The van der Waals surface area contributed by atoms with Crippen molar-refractivity contribution < 1.29 is 33.6 Å². The third-order valence-corrected chi connectivity index (χ3v) is 2.32. The number of ether oxygens (including phenoxy) is 3. The van der Waals surface area contributed by atoms with Crippen LogP contribution in [0.4, 0.5) is 4.39 Å². The Labute approximate surface area is 103 Å². The molecule has 18 heavy (non-hydrogen) atoms. The summed E-state index contributed by atoms with van der Waals surface area (Å²) >= 11 is 0. The number of hydrogen-bond acceptors (Lipinski definition) is 6. The lowest BCUT2D eigenvalue weighted by molar-refractivity contribution is -0.151. The summed E-state index contributed by atoms with van der Waals surface area (Å²) in [5, 5.41) is 19.0. The average Bonchev–Trinajstić information content (AvgIpc) is 2.39. The van der Waals surface area contributed by atoms with Crippen LogP contribution in [-0.4, -0.2) is 37.5 Å². The van der Waals surface area contributed by atoms with Crippen LogP contribution in [0.2, 0.25) is 0 Å². The van der Waals surface area contributed by atoms with E-state index in [1.807, 2.05) is 0 Å². The number of aromatic hydroxyl groups is 1. The second-order valence-electron chi connectivity index (χ2n) is 3.28. The highest BCUT2D eigenvalue weighted by Crippen LogP contribution is 2.41. The molecule has 0 aliphatic carbocycles. The van der Waals surface area contributed by atoms with E-state index in [2.05, 4.69) is 4.74 Å². The van der Waals surface area contributed by atoms with Gasteiger partial charge in [0.05, 0.1) is 26.9 Å². The normalized spacial score (nSPS) is 11.8. The third kappa shape index (κ3) is 2.30.